The third kappa shape index (κ3) is 5.56. The molecule has 0 saturated carbocycles. The van der Waals surface area contributed by atoms with E-state index in [1.807, 2.05) is 37.3 Å². The zero-order valence-electron chi connectivity index (χ0n) is 15.7. The maximum Gasteiger partial charge on any atom is 0.161 e. The van der Waals surface area contributed by atoms with Crippen molar-refractivity contribution in [2.24, 2.45) is 0 Å². The normalized spacial score (nSPS) is 10.9. The minimum absolute atomic E-state index is 0.648. The van der Waals surface area contributed by atoms with Gasteiger partial charge >= 0.3 is 0 Å². The molecular weight excluding hydrogens is 312 g/mol. The van der Waals surface area contributed by atoms with Gasteiger partial charge < -0.3 is 14.2 Å². The zero-order valence-corrected chi connectivity index (χ0v) is 15.7. The van der Waals surface area contributed by atoms with Gasteiger partial charge in [0.05, 0.1) is 20.3 Å². The van der Waals surface area contributed by atoms with Crippen molar-refractivity contribution >= 4 is 6.08 Å². The summed E-state index contributed by atoms with van der Waals surface area (Å²) >= 11 is 0. The molecule has 25 heavy (non-hydrogen) atoms. The van der Waals surface area contributed by atoms with Crippen LogP contribution in [0.3, 0.4) is 0 Å². The van der Waals surface area contributed by atoms with E-state index in [0.717, 1.165) is 35.7 Å². The van der Waals surface area contributed by atoms with Crippen molar-refractivity contribution in [3.63, 3.8) is 0 Å². The Balaban J connectivity index is 1.76. The van der Waals surface area contributed by atoms with Crippen LogP contribution in [0, 0.1) is 13.8 Å². The molecule has 2 aromatic rings. The highest BCUT2D eigenvalue weighted by Gasteiger charge is 2.05. The fourth-order valence-electron chi connectivity index (χ4n) is 2.69. The van der Waals surface area contributed by atoms with Crippen molar-refractivity contribution in [2.45, 2.75) is 33.6 Å². The molecule has 134 valence electrons. The fourth-order valence-corrected chi connectivity index (χ4v) is 2.69. The number of hydrogen-bond acceptors (Lipinski definition) is 3. The molecule has 0 aliphatic heterocycles. The Morgan fingerprint density at radius 3 is 2.20 bits per heavy atom. The van der Waals surface area contributed by atoms with Gasteiger partial charge in [-0.25, -0.2) is 0 Å². The van der Waals surface area contributed by atoms with Gasteiger partial charge in [-0.15, -0.1) is 0 Å². The number of ether oxygens (including phenoxy) is 3. The molecule has 0 aliphatic rings. The molecule has 2 aromatic carbocycles. The van der Waals surface area contributed by atoms with Crippen LogP contribution in [0.1, 0.15) is 36.5 Å². The van der Waals surface area contributed by atoms with E-state index in [1.165, 1.54) is 11.1 Å². The molecule has 0 spiro atoms. The van der Waals surface area contributed by atoms with Crippen molar-refractivity contribution in [2.75, 3.05) is 20.3 Å². The average molecular weight is 340 g/mol. The minimum atomic E-state index is 0.648. The van der Waals surface area contributed by atoms with E-state index in [0.29, 0.717) is 13.2 Å². The van der Waals surface area contributed by atoms with Gasteiger partial charge in [-0.05, 0) is 62.4 Å². The third-order valence-corrected chi connectivity index (χ3v) is 4.00. The Morgan fingerprint density at radius 1 is 0.880 bits per heavy atom. The van der Waals surface area contributed by atoms with Crippen molar-refractivity contribution in [1.29, 1.82) is 0 Å². The van der Waals surface area contributed by atoms with Crippen molar-refractivity contribution in [1.82, 2.24) is 0 Å². The molecule has 0 N–H and O–H groups in total. The lowest BCUT2D eigenvalue weighted by atomic mass is 10.1. The van der Waals surface area contributed by atoms with E-state index in [4.69, 9.17) is 14.2 Å². The summed E-state index contributed by atoms with van der Waals surface area (Å²) in [5.74, 6) is 2.55. The highest BCUT2D eigenvalue weighted by molar-refractivity contribution is 5.55. The van der Waals surface area contributed by atoms with Crippen LogP contribution in [0.5, 0.6) is 17.2 Å². The van der Waals surface area contributed by atoms with Gasteiger partial charge in [0.25, 0.3) is 0 Å². The first-order valence-corrected chi connectivity index (χ1v) is 8.78. The van der Waals surface area contributed by atoms with Gasteiger partial charge in [0.1, 0.15) is 5.75 Å². The van der Waals surface area contributed by atoms with Crippen LogP contribution >= 0.6 is 0 Å². The molecule has 0 atom stereocenters. The van der Waals surface area contributed by atoms with E-state index >= 15 is 0 Å². The van der Waals surface area contributed by atoms with E-state index in [2.05, 4.69) is 32.0 Å². The van der Waals surface area contributed by atoms with Gasteiger partial charge in [-0.3, -0.25) is 0 Å². The molecule has 0 saturated heterocycles. The third-order valence-electron chi connectivity index (χ3n) is 4.00. The highest BCUT2D eigenvalue weighted by Crippen LogP contribution is 2.29. The van der Waals surface area contributed by atoms with E-state index in [-0.39, 0.29) is 0 Å². The Morgan fingerprint density at radius 2 is 1.56 bits per heavy atom. The second-order valence-corrected chi connectivity index (χ2v) is 6.04. The van der Waals surface area contributed by atoms with Gasteiger partial charge in [-0.1, -0.05) is 36.4 Å². The molecule has 0 aromatic heterocycles. The lowest BCUT2D eigenvalue weighted by Gasteiger charge is -2.13. The van der Waals surface area contributed by atoms with Gasteiger partial charge in [0.15, 0.2) is 11.5 Å². The molecule has 2 rings (SSSR count). The van der Waals surface area contributed by atoms with Gasteiger partial charge in [-0.2, -0.15) is 0 Å². The molecule has 0 unspecified atom stereocenters. The van der Waals surface area contributed by atoms with E-state index < -0.39 is 0 Å². The predicted octanol–water partition coefficient (Wildman–Crippen LogP) is 5.58. The lowest BCUT2D eigenvalue weighted by Crippen LogP contribution is -2.04. The van der Waals surface area contributed by atoms with Crippen LogP contribution in [0.15, 0.2) is 42.5 Å². The second-order valence-electron chi connectivity index (χ2n) is 6.04. The Hall–Kier alpha value is -2.42. The van der Waals surface area contributed by atoms with Crippen molar-refractivity contribution < 1.29 is 14.2 Å². The van der Waals surface area contributed by atoms with Crippen LogP contribution in [-0.2, 0) is 0 Å². The molecular formula is C22H28O3. The molecule has 0 radical (unpaired) electrons. The second kappa shape index (κ2) is 9.77. The SMILES string of the molecule is CC=Cc1ccc(OCCCCOc2c(C)cccc2C)c(OC)c1. The minimum Gasteiger partial charge on any atom is -0.493 e. The number of methoxy groups -OCH3 is 1. The Bertz CT molecular complexity index is 684. The number of hydrogen-bond donors (Lipinski definition) is 0. The summed E-state index contributed by atoms with van der Waals surface area (Å²) in [6, 6.07) is 12.2. The summed E-state index contributed by atoms with van der Waals surface area (Å²) < 4.78 is 17.2. The van der Waals surface area contributed by atoms with E-state index in [1.54, 1.807) is 7.11 Å². The number of allylic oxidation sites excluding steroid dienone is 1. The van der Waals surface area contributed by atoms with Crippen molar-refractivity contribution in [3.05, 3.63) is 59.2 Å². The molecule has 3 nitrogen and oxygen atoms in total. The summed E-state index contributed by atoms with van der Waals surface area (Å²) in [7, 11) is 1.67. The molecule has 0 amide bonds. The molecule has 0 aliphatic carbocycles. The smallest absolute Gasteiger partial charge is 0.161 e. The summed E-state index contributed by atoms with van der Waals surface area (Å²) in [5.41, 5.74) is 3.47. The van der Waals surface area contributed by atoms with Crippen LogP contribution in [0.25, 0.3) is 6.08 Å². The number of rotatable bonds is 9. The Kier molecular flexibility index (Phi) is 7.39. The largest absolute Gasteiger partial charge is 0.493 e. The van der Waals surface area contributed by atoms with Crippen LogP contribution in [0.4, 0.5) is 0 Å². The number of benzene rings is 2. The first kappa shape index (κ1) is 18.9. The lowest BCUT2D eigenvalue weighted by molar-refractivity contribution is 0.257. The summed E-state index contributed by atoms with van der Waals surface area (Å²) in [6.07, 6.45) is 5.93. The average Bonchev–Trinajstić information content (AvgIpc) is 2.61. The fraction of sp³-hybridized carbons (Fsp3) is 0.364. The number of aryl methyl sites for hydroxylation is 2. The summed E-state index contributed by atoms with van der Waals surface area (Å²) in [4.78, 5) is 0. The standard InChI is InChI=1S/C22H28O3/c1-5-9-19-12-13-20(21(16-19)23-4)24-14-6-7-15-25-22-17(2)10-8-11-18(22)3/h5,8-13,16H,6-7,14-15H2,1-4H3. The van der Waals surface area contributed by atoms with Crippen LogP contribution in [-0.4, -0.2) is 20.3 Å². The monoisotopic (exact) mass is 340 g/mol. The first-order valence-electron chi connectivity index (χ1n) is 8.78. The summed E-state index contributed by atoms with van der Waals surface area (Å²) in [5, 5.41) is 0. The molecule has 0 fully saturated rings. The Labute approximate surface area is 151 Å². The highest BCUT2D eigenvalue weighted by atomic mass is 16.5. The number of para-hydroxylation sites is 1. The van der Waals surface area contributed by atoms with E-state index in [9.17, 15) is 0 Å². The van der Waals surface area contributed by atoms with Gasteiger partial charge in [0, 0.05) is 0 Å². The maximum absolute atomic E-state index is 5.92. The van der Waals surface area contributed by atoms with Crippen LogP contribution < -0.4 is 14.2 Å². The summed E-state index contributed by atoms with van der Waals surface area (Å²) in [6.45, 7) is 7.50. The quantitative estimate of drug-likeness (QED) is 0.557. The van der Waals surface area contributed by atoms with Crippen molar-refractivity contribution in [3.8, 4) is 17.2 Å². The number of unbranched alkanes of at least 4 members (excludes halogenated alkanes) is 1. The topological polar surface area (TPSA) is 27.7 Å². The molecule has 3 heteroatoms. The van der Waals surface area contributed by atoms with Gasteiger partial charge in [0.2, 0.25) is 0 Å². The van der Waals surface area contributed by atoms with Crippen LogP contribution in [0.2, 0.25) is 0 Å². The molecule has 0 heterocycles. The maximum atomic E-state index is 5.92. The predicted molar refractivity (Wildman–Crippen MR) is 104 cm³/mol. The molecule has 0 bridgehead atoms. The first-order chi connectivity index (χ1) is 12.2. The zero-order chi connectivity index (χ0) is 18.1.